The molecule has 0 spiro atoms. The van der Waals surface area contributed by atoms with Gasteiger partial charge in [-0.3, -0.25) is 9.52 Å². The van der Waals surface area contributed by atoms with Crippen molar-refractivity contribution >= 4 is 56.0 Å². The van der Waals surface area contributed by atoms with Gasteiger partial charge in [-0.1, -0.05) is 18.7 Å². The van der Waals surface area contributed by atoms with E-state index in [4.69, 9.17) is 10.5 Å². The number of carbonyl (C=O) groups excluding carboxylic acids is 1. The van der Waals surface area contributed by atoms with Crippen LogP contribution in [0, 0.1) is 5.82 Å². The number of aromatic nitrogens is 2. The summed E-state index contributed by atoms with van der Waals surface area (Å²) in [6, 6.07) is 9.75. The second-order valence-electron chi connectivity index (χ2n) is 9.20. The lowest BCUT2D eigenvalue weighted by Crippen LogP contribution is -2.29. The molecule has 1 aromatic heterocycles. The standard InChI is InChI=1S/C26H33FN8O4S/c1-16(24(28)36)17-13-21(23(39-5)14-22(17)35(4)12-11-34(2)3)31-26-29-15-18(27)25(32-26)30-19-9-7-8-10-20(19)33-40(6,37)38/h7-10,13-15,33H,1,11-12H2,2-6H3,(H2,28,36)(H2,29,30,31,32). The lowest BCUT2D eigenvalue weighted by atomic mass is 10.0. The summed E-state index contributed by atoms with van der Waals surface area (Å²) in [5.74, 6) is -1.27. The molecule has 5 N–H and O–H groups in total. The fraction of sp³-hybridized carbons (Fsp3) is 0.269. The number of primary amides is 1. The van der Waals surface area contributed by atoms with Gasteiger partial charge in [0.05, 0.1) is 36.6 Å². The second kappa shape index (κ2) is 12.6. The Kier molecular flexibility index (Phi) is 9.50. The van der Waals surface area contributed by atoms with Crippen LogP contribution in [0.3, 0.4) is 0 Å². The van der Waals surface area contributed by atoms with Crippen molar-refractivity contribution in [1.82, 2.24) is 14.9 Å². The molecule has 40 heavy (non-hydrogen) atoms. The third-order valence-corrected chi connectivity index (χ3v) is 6.29. The van der Waals surface area contributed by atoms with Gasteiger partial charge in [-0.2, -0.15) is 4.98 Å². The zero-order chi connectivity index (χ0) is 29.6. The molecule has 0 saturated heterocycles. The predicted molar refractivity (Wildman–Crippen MR) is 157 cm³/mol. The Bertz CT molecular complexity index is 1510. The summed E-state index contributed by atoms with van der Waals surface area (Å²) in [4.78, 5) is 24.3. The minimum atomic E-state index is -3.58. The number of likely N-dealkylation sites (N-methyl/N-ethyl adjacent to an activating group) is 2. The highest BCUT2D eigenvalue weighted by atomic mass is 32.2. The van der Waals surface area contributed by atoms with Gasteiger partial charge in [0.2, 0.25) is 21.9 Å². The Labute approximate surface area is 233 Å². The molecule has 3 aromatic rings. The molecule has 14 heteroatoms. The zero-order valence-corrected chi connectivity index (χ0v) is 23.8. The van der Waals surface area contributed by atoms with E-state index in [-0.39, 0.29) is 28.7 Å². The summed E-state index contributed by atoms with van der Waals surface area (Å²) in [5, 5.41) is 5.79. The van der Waals surface area contributed by atoms with Gasteiger partial charge in [0.15, 0.2) is 11.6 Å². The largest absolute Gasteiger partial charge is 0.494 e. The monoisotopic (exact) mass is 572 g/mol. The number of methoxy groups -OCH3 is 1. The predicted octanol–water partition coefficient (Wildman–Crippen LogP) is 2.98. The first-order chi connectivity index (χ1) is 18.8. The van der Waals surface area contributed by atoms with Crippen LogP contribution in [-0.4, -0.2) is 76.8 Å². The molecule has 0 unspecified atom stereocenters. The van der Waals surface area contributed by atoms with Crippen LogP contribution in [0.2, 0.25) is 0 Å². The Morgan fingerprint density at radius 3 is 2.38 bits per heavy atom. The van der Waals surface area contributed by atoms with E-state index in [2.05, 4.69) is 31.9 Å². The minimum Gasteiger partial charge on any atom is -0.494 e. The average Bonchev–Trinajstić information content (AvgIpc) is 2.88. The number of carbonyl (C=O) groups is 1. The van der Waals surface area contributed by atoms with Crippen LogP contribution in [0.5, 0.6) is 5.75 Å². The highest BCUT2D eigenvalue weighted by Gasteiger charge is 2.20. The molecule has 1 amide bonds. The van der Waals surface area contributed by atoms with Crippen LogP contribution in [0.25, 0.3) is 5.57 Å². The van der Waals surface area contributed by atoms with E-state index >= 15 is 0 Å². The van der Waals surface area contributed by atoms with Gasteiger partial charge in [0, 0.05) is 43.0 Å². The number of nitrogens with zero attached hydrogens (tertiary/aromatic N) is 4. The van der Waals surface area contributed by atoms with Crippen LogP contribution < -0.4 is 30.7 Å². The first kappa shape index (κ1) is 30.1. The Morgan fingerprint density at radius 2 is 1.77 bits per heavy atom. The Balaban J connectivity index is 2.00. The summed E-state index contributed by atoms with van der Waals surface area (Å²) in [5.41, 5.74) is 7.66. The number of benzene rings is 2. The summed E-state index contributed by atoms with van der Waals surface area (Å²) in [6.07, 6.45) is 1.97. The number of nitrogens with one attached hydrogen (secondary N) is 3. The molecular formula is C26H33FN8O4S. The number of hydrogen-bond donors (Lipinski definition) is 4. The second-order valence-corrected chi connectivity index (χ2v) is 10.9. The number of ether oxygens (including phenoxy) is 1. The number of para-hydroxylation sites is 2. The van der Waals surface area contributed by atoms with Crippen molar-refractivity contribution in [2.45, 2.75) is 0 Å². The van der Waals surface area contributed by atoms with Gasteiger partial charge in [0.1, 0.15) is 5.75 Å². The summed E-state index contributed by atoms with van der Waals surface area (Å²) < 4.78 is 46.1. The van der Waals surface area contributed by atoms with Crippen molar-refractivity contribution in [3.05, 3.63) is 60.6 Å². The number of nitrogens with two attached hydrogens (primary N) is 1. The van der Waals surface area contributed by atoms with Crippen LogP contribution >= 0.6 is 0 Å². The summed E-state index contributed by atoms with van der Waals surface area (Å²) in [6.45, 7) is 5.25. The van der Waals surface area contributed by atoms with Crippen LogP contribution in [0.15, 0.2) is 49.2 Å². The normalized spacial score (nSPS) is 11.2. The Hall–Kier alpha value is -4.43. The summed E-state index contributed by atoms with van der Waals surface area (Å²) in [7, 11) is 3.69. The van der Waals surface area contributed by atoms with Crippen molar-refractivity contribution < 1.29 is 22.3 Å². The molecule has 0 aliphatic heterocycles. The van der Waals surface area contributed by atoms with Gasteiger partial charge in [0.25, 0.3) is 0 Å². The minimum absolute atomic E-state index is 0.0000953. The molecule has 3 rings (SSSR count). The molecule has 2 aromatic carbocycles. The lowest BCUT2D eigenvalue weighted by Gasteiger charge is -2.26. The number of halogens is 1. The van der Waals surface area contributed by atoms with Crippen molar-refractivity contribution in [3.63, 3.8) is 0 Å². The molecule has 1 heterocycles. The summed E-state index contributed by atoms with van der Waals surface area (Å²) >= 11 is 0. The number of anilines is 6. The topological polar surface area (TPSA) is 155 Å². The molecule has 0 bridgehead atoms. The molecule has 12 nitrogen and oxygen atoms in total. The molecule has 0 radical (unpaired) electrons. The fourth-order valence-corrected chi connectivity index (χ4v) is 4.22. The van der Waals surface area contributed by atoms with E-state index in [1.165, 1.54) is 13.2 Å². The highest BCUT2D eigenvalue weighted by molar-refractivity contribution is 7.92. The maximum absolute atomic E-state index is 14.7. The van der Waals surface area contributed by atoms with Crippen molar-refractivity contribution in [1.29, 1.82) is 0 Å². The molecule has 0 fully saturated rings. The highest BCUT2D eigenvalue weighted by Crippen LogP contribution is 2.37. The van der Waals surface area contributed by atoms with E-state index in [1.807, 2.05) is 30.9 Å². The third kappa shape index (κ3) is 7.80. The zero-order valence-electron chi connectivity index (χ0n) is 22.9. The molecule has 0 saturated carbocycles. The maximum atomic E-state index is 14.7. The quantitative estimate of drug-likeness (QED) is 0.225. The van der Waals surface area contributed by atoms with Crippen LogP contribution in [0.1, 0.15) is 5.56 Å². The van der Waals surface area contributed by atoms with Gasteiger partial charge < -0.3 is 30.9 Å². The molecule has 0 atom stereocenters. The number of rotatable bonds is 13. The van der Waals surface area contributed by atoms with Gasteiger partial charge in [-0.15, -0.1) is 0 Å². The third-order valence-electron chi connectivity index (χ3n) is 5.70. The van der Waals surface area contributed by atoms with E-state index in [0.29, 0.717) is 29.2 Å². The van der Waals surface area contributed by atoms with Gasteiger partial charge in [-0.05, 0) is 32.3 Å². The van der Waals surface area contributed by atoms with Crippen molar-refractivity contribution in [2.24, 2.45) is 5.73 Å². The number of amides is 1. The van der Waals surface area contributed by atoms with Crippen LogP contribution in [0.4, 0.5) is 38.9 Å². The smallest absolute Gasteiger partial charge is 0.248 e. The van der Waals surface area contributed by atoms with Gasteiger partial charge in [-0.25, -0.2) is 17.8 Å². The lowest BCUT2D eigenvalue weighted by molar-refractivity contribution is -0.112. The SMILES string of the molecule is C=C(C(N)=O)c1cc(Nc2ncc(F)c(Nc3ccccc3NS(C)(=O)=O)n2)c(OC)cc1N(C)CCN(C)C. The number of hydrogen-bond acceptors (Lipinski definition) is 10. The Morgan fingerprint density at radius 1 is 1.10 bits per heavy atom. The van der Waals surface area contributed by atoms with E-state index in [0.717, 1.165) is 19.0 Å². The molecule has 0 aliphatic rings. The van der Waals surface area contributed by atoms with Crippen molar-refractivity contribution in [2.75, 3.05) is 67.9 Å². The van der Waals surface area contributed by atoms with E-state index in [9.17, 15) is 17.6 Å². The maximum Gasteiger partial charge on any atom is 0.248 e. The van der Waals surface area contributed by atoms with E-state index in [1.54, 1.807) is 30.3 Å². The average molecular weight is 573 g/mol. The van der Waals surface area contributed by atoms with Gasteiger partial charge >= 0.3 is 0 Å². The van der Waals surface area contributed by atoms with Crippen molar-refractivity contribution in [3.8, 4) is 5.75 Å². The first-order valence-corrected chi connectivity index (χ1v) is 13.9. The van der Waals surface area contributed by atoms with E-state index < -0.39 is 21.7 Å². The fourth-order valence-electron chi connectivity index (χ4n) is 3.64. The first-order valence-electron chi connectivity index (χ1n) is 12.0. The molecular weight excluding hydrogens is 539 g/mol. The van der Waals surface area contributed by atoms with Crippen LogP contribution in [-0.2, 0) is 14.8 Å². The molecule has 214 valence electrons. The number of sulfonamides is 1. The molecule has 0 aliphatic carbocycles.